The van der Waals surface area contributed by atoms with E-state index in [0.717, 1.165) is 18.3 Å². The summed E-state index contributed by atoms with van der Waals surface area (Å²) < 4.78 is 0. The van der Waals surface area contributed by atoms with Crippen LogP contribution in [0, 0.1) is 11.8 Å². The molecule has 0 aromatic heterocycles. The fourth-order valence-corrected chi connectivity index (χ4v) is 3.16. The van der Waals surface area contributed by atoms with Crippen LogP contribution in [0.5, 0.6) is 0 Å². The number of aliphatic hydroxyl groups is 1. The lowest BCUT2D eigenvalue weighted by molar-refractivity contribution is 0.277. The van der Waals surface area contributed by atoms with E-state index >= 15 is 0 Å². The lowest BCUT2D eigenvalue weighted by Crippen LogP contribution is -1.99. The maximum atomic E-state index is 8.79. The van der Waals surface area contributed by atoms with E-state index in [-0.39, 0.29) is 0 Å². The molecule has 0 radical (unpaired) electrons. The minimum atomic E-state index is 0.363. The third kappa shape index (κ3) is 16.2. The van der Waals surface area contributed by atoms with Gasteiger partial charge in [-0.15, -0.1) is 0 Å². The van der Waals surface area contributed by atoms with Crippen molar-refractivity contribution in [3.8, 4) is 0 Å². The average molecular weight is 299 g/mol. The van der Waals surface area contributed by atoms with Crippen molar-refractivity contribution in [2.75, 3.05) is 6.61 Å². The summed E-state index contributed by atoms with van der Waals surface area (Å²) >= 11 is 0. The van der Waals surface area contributed by atoms with Crippen LogP contribution in [0.15, 0.2) is 0 Å². The Morgan fingerprint density at radius 3 is 1.52 bits per heavy atom. The van der Waals surface area contributed by atoms with Crippen LogP contribution >= 0.6 is 0 Å². The van der Waals surface area contributed by atoms with Crippen molar-refractivity contribution in [1.82, 2.24) is 0 Å². The van der Waals surface area contributed by atoms with Crippen LogP contribution < -0.4 is 0 Å². The molecule has 0 saturated heterocycles. The van der Waals surface area contributed by atoms with Gasteiger partial charge in [-0.25, -0.2) is 0 Å². The molecule has 2 atom stereocenters. The SMILES string of the molecule is CCCCCCCCCC(C)CCCC(C)CCCCO. The summed E-state index contributed by atoms with van der Waals surface area (Å²) in [6, 6.07) is 0. The van der Waals surface area contributed by atoms with Gasteiger partial charge in [0, 0.05) is 6.61 Å². The Balaban J connectivity index is 3.27. The highest BCUT2D eigenvalue weighted by Crippen LogP contribution is 2.21. The molecule has 0 bridgehead atoms. The number of aliphatic hydroxyl groups excluding tert-OH is 1. The first-order valence-corrected chi connectivity index (χ1v) is 9.81. The Morgan fingerprint density at radius 2 is 1.00 bits per heavy atom. The van der Waals surface area contributed by atoms with Crippen molar-refractivity contribution in [3.63, 3.8) is 0 Å². The summed E-state index contributed by atoms with van der Waals surface area (Å²) in [7, 11) is 0. The average Bonchev–Trinajstić information content (AvgIpc) is 2.46. The molecular formula is C20H42O. The zero-order valence-electron chi connectivity index (χ0n) is 15.2. The van der Waals surface area contributed by atoms with E-state index in [1.807, 2.05) is 0 Å². The first kappa shape index (κ1) is 21.0. The summed E-state index contributed by atoms with van der Waals surface area (Å²) in [6.45, 7) is 7.46. The van der Waals surface area contributed by atoms with E-state index < -0.39 is 0 Å². The molecule has 128 valence electrons. The highest BCUT2D eigenvalue weighted by molar-refractivity contribution is 4.59. The van der Waals surface area contributed by atoms with Crippen LogP contribution in [0.4, 0.5) is 0 Å². The molecule has 0 aliphatic heterocycles. The molecule has 0 saturated carbocycles. The second-order valence-electron chi connectivity index (χ2n) is 7.27. The summed E-state index contributed by atoms with van der Waals surface area (Å²) in [5.41, 5.74) is 0. The molecule has 0 rings (SSSR count). The van der Waals surface area contributed by atoms with Crippen LogP contribution in [0.25, 0.3) is 0 Å². The van der Waals surface area contributed by atoms with Crippen LogP contribution in [-0.2, 0) is 0 Å². The van der Waals surface area contributed by atoms with Crippen molar-refractivity contribution < 1.29 is 5.11 Å². The van der Waals surface area contributed by atoms with E-state index in [9.17, 15) is 0 Å². The van der Waals surface area contributed by atoms with Gasteiger partial charge in [0.2, 0.25) is 0 Å². The number of hydrogen-bond donors (Lipinski definition) is 1. The van der Waals surface area contributed by atoms with E-state index in [1.165, 1.54) is 83.5 Å². The van der Waals surface area contributed by atoms with Gasteiger partial charge in [0.25, 0.3) is 0 Å². The smallest absolute Gasteiger partial charge is 0.0431 e. The van der Waals surface area contributed by atoms with Gasteiger partial charge in [-0.3, -0.25) is 0 Å². The highest BCUT2D eigenvalue weighted by Gasteiger charge is 2.05. The van der Waals surface area contributed by atoms with Crippen molar-refractivity contribution >= 4 is 0 Å². The molecule has 0 fully saturated rings. The first-order chi connectivity index (χ1) is 10.2. The fourth-order valence-electron chi connectivity index (χ4n) is 3.16. The Labute approximate surface area is 134 Å². The monoisotopic (exact) mass is 298 g/mol. The van der Waals surface area contributed by atoms with Gasteiger partial charge in [-0.1, -0.05) is 104 Å². The van der Waals surface area contributed by atoms with Crippen LogP contribution in [0.2, 0.25) is 0 Å². The Morgan fingerprint density at radius 1 is 0.571 bits per heavy atom. The van der Waals surface area contributed by atoms with Gasteiger partial charge < -0.3 is 5.11 Å². The van der Waals surface area contributed by atoms with Gasteiger partial charge in [0.15, 0.2) is 0 Å². The third-order valence-corrected chi connectivity index (χ3v) is 4.80. The third-order valence-electron chi connectivity index (χ3n) is 4.80. The fraction of sp³-hybridized carbons (Fsp3) is 1.00. The number of rotatable bonds is 16. The summed E-state index contributed by atoms with van der Waals surface area (Å²) in [4.78, 5) is 0. The highest BCUT2D eigenvalue weighted by atomic mass is 16.2. The molecule has 21 heavy (non-hydrogen) atoms. The molecule has 1 nitrogen and oxygen atoms in total. The predicted octanol–water partition coefficient (Wildman–Crippen LogP) is 6.73. The zero-order valence-corrected chi connectivity index (χ0v) is 15.2. The van der Waals surface area contributed by atoms with E-state index in [2.05, 4.69) is 20.8 Å². The van der Waals surface area contributed by atoms with E-state index in [4.69, 9.17) is 5.11 Å². The van der Waals surface area contributed by atoms with Crippen LogP contribution in [0.3, 0.4) is 0 Å². The maximum absolute atomic E-state index is 8.79. The molecule has 0 aliphatic rings. The zero-order chi connectivity index (χ0) is 15.8. The van der Waals surface area contributed by atoms with Gasteiger partial charge in [-0.2, -0.15) is 0 Å². The van der Waals surface area contributed by atoms with Gasteiger partial charge in [0.1, 0.15) is 0 Å². The van der Waals surface area contributed by atoms with E-state index in [1.54, 1.807) is 0 Å². The van der Waals surface area contributed by atoms with Crippen LogP contribution in [0.1, 0.15) is 111 Å². The Kier molecular flexibility index (Phi) is 16.3. The molecular weight excluding hydrogens is 256 g/mol. The van der Waals surface area contributed by atoms with Gasteiger partial charge in [0.05, 0.1) is 0 Å². The normalized spacial score (nSPS) is 14.3. The van der Waals surface area contributed by atoms with Crippen LogP contribution in [-0.4, -0.2) is 11.7 Å². The Hall–Kier alpha value is -0.0400. The van der Waals surface area contributed by atoms with Crippen molar-refractivity contribution in [1.29, 1.82) is 0 Å². The molecule has 1 heteroatoms. The predicted molar refractivity (Wildman–Crippen MR) is 95.7 cm³/mol. The molecule has 0 spiro atoms. The van der Waals surface area contributed by atoms with Gasteiger partial charge in [-0.05, 0) is 18.3 Å². The lowest BCUT2D eigenvalue weighted by Gasteiger charge is -2.14. The number of unbranched alkanes of at least 4 members (excludes halogenated alkanes) is 7. The molecule has 0 heterocycles. The molecule has 0 aromatic rings. The summed E-state index contributed by atoms with van der Waals surface area (Å²) in [6.07, 6.45) is 19.1. The maximum Gasteiger partial charge on any atom is 0.0431 e. The second kappa shape index (κ2) is 16.3. The van der Waals surface area contributed by atoms with Crippen molar-refractivity contribution in [2.45, 2.75) is 111 Å². The van der Waals surface area contributed by atoms with E-state index in [0.29, 0.717) is 6.61 Å². The largest absolute Gasteiger partial charge is 0.396 e. The molecule has 0 aliphatic carbocycles. The van der Waals surface area contributed by atoms with Gasteiger partial charge >= 0.3 is 0 Å². The number of hydrogen-bond acceptors (Lipinski definition) is 1. The topological polar surface area (TPSA) is 20.2 Å². The second-order valence-corrected chi connectivity index (χ2v) is 7.27. The van der Waals surface area contributed by atoms with Crippen molar-refractivity contribution in [2.24, 2.45) is 11.8 Å². The van der Waals surface area contributed by atoms with Crippen molar-refractivity contribution in [3.05, 3.63) is 0 Å². The molecule has 0 aromatic carbocycles. The minimum absolute atomic E-state index is 0.363. The Bertz CT molecular complexity index is 190. The minimum Gasteiger partial charge on any atom is -0.396 e. The molecule has 0 amide bonds. The first-order valence-electron chi connectivity index (χ1n) is 9.81. The summed E-state index contributed by atoms with van der Waals surface area (Å²) in [5, 5.41) is 8.79. The lowest BCUT2D eigenvalue weighted by atomic mass is 9.92. The standard InChI is InChI=1S/C20H42O/c1-4-5-6-7-8-9-10-14-19(2)16-13-17-20(3)15-11-12-18-21/h19-21H,4-18H2,1-3H3. The quantitative estimate of drug-likeness (QED) is 0.313. The summed E-state index contributed by atoms with van der Waals surface area (Å²) in [5.74, 6) is 1.77. The molecule has 2 unspecified atom stereocenters. The molecule has 1 N–H and O–H groups in total.